The topological polar surface area (TPSA) is 128 Å². The van der Waals surface area contributed by atoms with E-state index in [-0.39, 0.29) is 17.0 Å². The maximum absolute atomic E-state index is 12.1. The number of nitrogens with zero attached hydrogens (tertiary/aromatic N) is 1. The number of hydrogen-bond donors (Lipinski definition) is 2. The molecule has 152 valence electrons. The van der Waals surface area contributed by atoms with Gasteiger partial charge in [-0.25, -0.2) is 13.1 Å². The Balaban J connectivity index is 1.59. The normalized spacial score (nSPS) is 11.4. The van der Waals surface area contributed by atoms with Crippen LogP contribution in [-0.4, -0.2) is 39.1 Å². The fourth-order valence-electron chi connectivity index (χ4n) is 2.67. The molecule has 0 saturated heterocycles. The SMILES string of the molecule is CNS(=O)(=O)c1cc(NC(=O)COC(=O)Cc2noc3ccccc23)ccc1C. The highest BCUT2D eigenvalue weighted by Crippen LogP contribution is 2.20. The Morgan fingerprint density at radius 3 is 2.69 bits per heavy atom. The van der Waals surface area contributed by atoms with Crippen molar-refractivity contribution in [2.24, 2.45) is 0 Å². The third-order valence-corrected chi connectivity index (χ3v) is 5.71. The van der Waals surface area contributed by atoms with E-state index in [0.29, 0.717) is 22.2 Å². The molecule has 9 nitrogen and oxygen atoms in total. The van der Waals surface area contributed by atoms with Gasteiger partial charge < -0.3 is 14.6 Å². The number of carbonyl (C=O) groups is 2. The van der Waals surface area contributed by atoms with E-state index in [0.717, 1.165) is 0 Å². The number of aromatic nitrogens is 1. The molecule has 10 heteroatoms. The lowest BCUT2D eigenvalue weighted by Crippen LogP contribution is -2.23. The summed E-state index contributed by atoms with van der Waals surface area (Å²) in [5.41, 5.74) is 1.78. The number of aryl methyl sites for hydroxylation is 1. The van der Waals surface area contributed by atoms with E-state index >= 15 is 0 Å². The average Bonchev–Trinajstić information content (AvgIpc) is 3.10. The fraction of sp³-hybridized carbons (Fsp3) is 0.211. The summed E-state index contributed by atoms with van der Waals surface area (Å²) in [6.45, 7) is 1.13. The molecule has 0 fully saturated rings. The van der Waals surface area contributed by atoms with E-state index in [1.807, 2.05) is 0 Å². The summed E-state index contributed by atoms with van der Waals surface area (Å²) < 4.78 is 36.4. The number of carbonyl (C=O) groups excluding carboxylic acids is 2. The van der Waals surface area contributed by atoms with Gasteiger partial charge >= 0.3 is 5.97 Å². The number of nitrogens with one attached hydrogen (secondary N) is 2. The van der Waals surface area contributed by atoms with Crippen LogP contribution in [0, 0.1) is 6.92 Å². The number of para-hydroxylation sites is 1. The lowest BCUT2D eigenvalue weighted by molar-refractivity contribution is -0.146. The first-order chi connectivity index (χ1) is 13.8. The van der Waals surface area contributed by atoms with E-state index in [2.05, 4.69) is 15.2 Å². The third-order valence-electron chi connectivity index (χ3n) is 4.16. The van der Waals surface area contributed by atoms with Gasteiger partial charge in [-0.3, -0.25) is 9.59 Å². The second kappa shape index (κ2) is 8.41. The molecule has 0 unspecified atom stereocenters. The predicted molar refractivity (Wildman–Crippen MR) is 105 cm³/mol. The van der Waals surface area contributed by atoms with Crippen molar-refractivity contribution in [2.45, 2.75) is 18.2 Å². The first-order valence-corrected chi connectivity index (χ1v) is 10.1. The average molecular weight is 417 g/mol. The summed E-state index contributed by atoms with van der Waals surface area (Å²) in [4.78, 5) is 24.1. The van der Waals surface area contributed by atoms with Crippen molar-refractivity contribution in [3.05, 3.63) is 53.7 Å². The zero-order valence-corrected chi connectivity index (χ0v) is 16.6. The first-order valence-electron chi connectivity index (χ1n) is 8.63. The second-order valence-electron chi connectivity index (χ2n) is 6.20. The highest BCUT2D eigenvalue weighted by atomic mass is 32.2. The number of anilines is 1. The zero-order chi connectivity index (χ0) is 21.0. The third kappa shape index (κ3) is 4.79. The molecule has 0 aliphatic heterocycles. The summed E-state index contributed by atoms with van der Waals surface area (Å²) in [6.07, 6.45) is -0.139. The van der Waals surface area contributed by atoms with Crippen molar-refractivity contribution in [2.75, 3.05) is 19.0 Å². The minimum absolute atomic E-state index is 0.0488. The molecule has 3 aromatic rings. The number of esters is 1. The minimum Gasteiger partial charge on any atom is -0.455 e. The summed E-state index contributed by atoms with van der Waals surface area (Å²) in [5.74, 6) is -1.23. The van der Waals surface area contributed by atoms with E-state index in [1.54, 1.807) is 43.3 Å². The molecule has 0 atom stereocenters. The van der Waals surface area contributed by atoms with Crippen molar-refractivity contribution in [1.29, 1.82) is 0 Å². The van der Waals surface area contributed by atoms with Crippen molar-refractivity contribution in [1.82, 2.24) is 9.88 Å². The zero-order valence-electron chi connectivity index (χ0n) is 15.8. The molecule has 2 N–H and O–H groups in total. The Hall–Kier alpha value is -3.24. The van der Waals surface area contributed by atoms with Gasteiger partial charge in [0.05, 0.1) is 11.3 Å². The molecular formula is C19H19N3O6S. The Kier molecular flexibility index (Phi) is 5.95. The molecule has 0 aliphatic rings. The first kappa shape index (κ1) is 20.5. The van der Waals surface area contributed by atoms with Crippen LogP contribution in [0.4, 0.5) is 5.69 Å². The highest BCUT2D eigenvalue weighted by molar-refractivity contribution is 7.89. The van der Waals surface area contributed by atoms with E-state index in [4.69, 9.17) is 9.26 Å². The van der Waals surface area contributed by atoms with Crippen molar-refractivity contribution in [3.8, 4) is 0 Å². The molecule has 0 bridgehead atoms. The van der Waals surface area contributed by atoms with Gasteiger partial charge in [-0.15, -0.1) is 0 Å². The lowest BCUT2D eigenvalue weighted by atomic mass is 10.2. The highest BCUT2D eigenvalue weighted by Gasteiger charge is 2.17. The molecule has 0 saturated carbocycles. The number of amides is 1. The maximum Gasteiger partial charge on any atom is 0.312 e. The van der Waals surface area contributed by atoms with Gasteiger partial charge in [0.25, 0.3) is 5.91 Å². The van der Waals surface area contributed by atoms with Gasteiger partial charge in [0, 0.05) is 11.1 Å². The van der Waals surface area contributed by atoms with E-state index in [9.17, 15) is 18.0 Å². The van der Waals surface area contributed by atoms with Crippen LogP contribution >= 0.6 is 0 Å². The Labute approximate surface area is 167 Å². The van der Waals surface area contributed by atoms with Crippen molar-refractivity contribution >= 4 is 38.6 Å². The van der Waals surface area contributed by atoms with Crippen LogP contribution in [0.5, 0.6) is 0 Å². The van der Waals surface area contributed by atoms with Crippen LogP contribution in [0.2, 0.25) is 0 Å². The van der Waals surface area contributed by atoms with Crippen LogP contribution < -0.4 is 10.0 Å². The molecule has 0 spiro atoms. The smallest absolute Gasteiger partial charge is 0.312 e. The van der Waals surface area contributed by atoms with Crippen LogP contribution in [0.3, 0.4) is 0 Å². The lowest BCUT2D eigenvalue weighted by Gasteiger charge is -2.10. The van der Waals surface area contributed by atoms with Crippen molar-refractivity contribution < 1.29 is 27.3 Å². The Morgan fingerprint density at radius 2 is 1.93 bits per heavy atom. The molecule has 2 aromatic carbocycles. The molecule has 1 aromatic heterocycles. The molecule has 1 heterocycles. The largest absolute Gasteiger partial charge is 0.455 e. The Morgan fingerprint density at radius 1 is 1.17 bits per heavy atom. The Bertz CT molecular complexity index is 1170. The molecule has 29 heavy (non-hydrogen) atoms. The van der Waals surface area contributed by atoms with Gasteiger partial charge in [0.2, 0.25) is 10.0 Å². The minimum atomic E-state index is -3.66. The van der Waals surface area contributed by atoms with E-state index in [1.165, 1.54) is 13.1 Å². The van der Waals surface area contributed by atoms with Crippen LogP contribution in [0.25, 0.3) is 11.0 Å². The number of sulfonamides is 1. The van der Waals surface area contributed by atoms with Gasteiger partial charge in [-0.05, 0) is 43.8 Å². The second-order valence-corrected chi connectivity index (χ2v) is 8.05. The van der Waals surface area contributed by atoms with Gasteiger partial charge in [-0.2, -0.15) is 0 Å². The molecule has 1 amide bonds. The van der Waals surface area contributed by atoms with Gasteiger partial charge in [-0.1, -0.05) is 23.4 Å². The van der Waals surface area contributed by atoms with Crippen LogP contribution in [-0.2, 0) is 30.8 Å². The molecular weight excluding hydrogens is 398 g/mol. The fourth-order valence-corrected chi connectivity index (χ4v) is 3.67. The van der Waals surface area contributed by atoms with Gasteiger partial charge in [0.15, 0.2) is 12.2 Å². The maximum atomic E-state index is 12.1. The number of ether oxygens (including phenoxy) is 1. The van der Waals surface area contributed by atoms with Gasteiger partial charge in [0.1, 0.15) is 5.69 Å². The molecule has 0 radical (unpaired) electrons. The van der Waals surface area contributed by atoms with Crippen molar-refractivity contribution in [3.63, 3.8) is 0 Å². The summed E-state index contributed by atoms with van der Waals surface area (Å²) in [5, 5.41) is 7.05. The molecule has 3 rings (SSSR count). The van der Waals surface area contributed by atoms with Crippen LogP contribution in [0.1, 0.15) is 11.3 Å². The van der Waals surface area contributed by atoms with Crippen LogP contribution in [0.15, 0.2) is 51.9 Å². The standard InChI is InChI=1S/C19H19N3O6S/c1-12-7-8-13(9-17(12)29(25,26)20-2)21-18(23)11-27-19(24)10-15-14-5-3-4-6-16(14)28-22-15/h3-9,20H,10-11H2,1-2H3,(H,21,23). The number of rotatable bonds is 7. The summed E-state index contributed by atoms with van der Waals surface area (Å²) in [6, 6.07) is 11.6. The number of hydrogen-bond acceptors (Lipinski definition) is 7. The summed E-state index contributed by atoms with van der Waals surface area (Å²) >= 11 is 0. The number of fused-ring (bicyclic) bond motifs is 1. The molecule has 0 aliphatic carbocycles. The quantitative estimate of drug-likeness (QED) is 0.561. The number of benzene rings is 2. The van der Waals surface area contributed by atoms with E-state index < -0.39 is 28.5 Å². The monoisotopic (exact) mass is 417 g/mol. The predicted octanol–water partition coefficient (Wildman–Crippen LogP) is 1.77. The summed E-state index contributed by atoms with van der Waals surface area (Å²) in [7, 11) is -2.36.